The second-order valence-corrected chi connectivity index (χ2v) is 5.86. The Morgan fingerprint density at radius 1 is 1.33 bits per heavy atom. The molecule has 0 fully saturated rings. The third-order valence-corrected chi connectivity index (χ3v) is 3.36. The van der Waals surface area contributed by atoms with E-state index in [9.17, 15) is 8.78 Å². The summed E-state index contributed by atoms with van der Waals surface area (Å²) < 4.78 is 33.0. The molecule has 2 N–H and O–H groups in total. The third kappa shape index (κ3) is 5.31. The van der Waals surface area contributed by atoms with Gasteiger partial charge in [-0.15, -0.1) is 0 Å². The minimum atomic E-state index is -0.733. The Morgan fingerprint density at radius 3 is 2.38 bits per heavy atom. The van der Waals surface area contributed by atoms with Gasteiger partial charge in [0.2, 0.25) is 0 Å². The Bertz CT molecular complexity index is 500. The minimum Gasteiger partial charge on any atom is -0.488 e. The van der Waals surface area contributed by atoms with E-state index in [1.54, 1.807) is 13.8 Å². The molecule has 0 spiro atoms. The molecule has 0 aliphatic carbocycles. The molecule has 1 aromatic rings. The number of nitrogens with two attached hydrogens (primary N) is 1. The van der Waals surface area contributed by atoms with Gasteiger partial charge in [0.1, 0.15) is 0 Å². The highest BCUT2D eigenvalue weighted by Crippen LogP contribution is 2.26. The van der Waals surface area contributed by atoms with Crippen molar-refractivity contribution < 1.29 is 13.5 Å². The highest BCUT2D eigenvalue weighted by Gasteiger charge is 2.19. The van der Waals surface area contributed by atoms with E-state index >= 15 is 0 Å². The summed E-state index contributed by atoms with van der Waals surface area (Å²) in [6.45, 7) is 5.50. The van der Waals surface area contributed by atoms with Crippen LogP contribution < -0.4 is 10.5 Å². The smallest absolute Gasteiger partial charge is 0.190 e. The first kappa shape index (κ1) is 17.4. The summed E-state index contributed by atoms with van der Waals surface area (Å²) in [5, 5.41) is 8.88. The van der Waals surface area contributed by atoms with Crippen LogP contribution in [-0.4, -0.2) is 12.6 Å². The van der Waals surface area contributed by atoms with Gasteiger partial charge >= 0.3 is 0 Å². The summed E-state index contributed by atoms with van der Waals surface area (Å²) in [4.78, 5) is 0. The lowest BCUT2D eigenvalue weighted by molar-refractivity contribution is 0.243. The fourth-order valence-corrected chi connectivity index (χ4v) is 1.78. The first-order valence-corrected chi connectivity index (χ1v) is 7.06. The summed E-state index contributed by atoms with van der Waals surface area (Å²) in [5.74, 6) is -1.86. The first-order chi connectivity index (χ1) is 9.79. The average Bonchev–Trinajstić information content (AvgIpc) is 2.41. The van der Waals surface area contributed by atoms with E-state index in [1.165, 1.54) is 12.1 Å². The molecule has 116 valence electrons. The number of hydrogen-bond donors (Lipinski definition) is 1. The van der Waals surface area contributed by atoms with E-state index in [0.29, 0.717) is 18.4 Å². The highest BCUT2D eigenvalue weighted by molar-refractivity contribution is 5.31. The number of rotatable bonds is 7. The van der Waals surface area contributed by atoms with Gasteiger partial charge in [-0.2, -0.15) is 5.26 Å². The van der Waals surface area contributed by atoms with Gasteiger partial charge in [-0.05, 0) is 50.8 Å². The van der Waals surface area contributed by atoms with Crippen molar-refractivity contribution in [2.45, 2.75) is 46.1 Å². The molecule has 0 saturated heterocycles. The van der Waals surface area contributed by atoms with E-state index in [1.807, 2.05) is 6.92 Å². The molecule has 0 aliphatic heterocycles. The molecule has 0 bridgehead atoms. The minimum absolute atomic E-state index is 0.0855. The molecule has 21 heavy (non-hydrogen) atoms. The number of nitriles is 1. The van der Waals surface area contributed by atoms with Gasteiger partial charge in [0.15, 0.2) is 17.4 Å². The normalized spacial score (nSPS) is 12.8. The summed E-state index contributed by atoms with van der Waals surface area (Å²) in [7, 11) is 0. The Labute approximate surface area is 124 Å². The highest BCUT2D eigenvalue weighted by atomic mass is 19.1. The van der Waals surface area contributed by atoms with E-state index < -0.39 is 22.8 Å². The summed E-state index contributed by atoms with van der Waals surface area (Å²) >= 11 is 0. The predicted octanol–water partition coefficient (Wildman–Crippen LogP) is 3.56. The zero-order valence-electron chi connectivity index (χ0n) is 12.7. The molecule has 0 radical (unpaired) electrons. The number of halogens is 2. The SMILES string of the molecule is CCC(N)Cc1cc(F)c(OCCC(C)(C)C#N)c(F)c1. The third-order valence-electron chi connectivity index (χ3n) is 3.36. The van der Waals surface area contributed by atoms with Gasteiger partial charge in [0.25, 0.3) is 0 Å². The molecule has 1 unspecified atom stereocenters. The van der Waals surface area contributed by atoms with Crippen LogP contribution in [0.1, 0.15) is 39.2 Å². The Morgan fingerprint density at radius 2 is 1.90 bits per heavy atom. The first-order valence-electron chi connectivity index (χ1n) is 7.06. The van der Waals surface area contributed by atoms with Gasteiger partial charge in [-0.1, -0.05) is 6.92 Å². The molecule has 5 heteroatoms. The molecular formula is C16H22F2N2O. The Kier molecular flexibility index (Phi) is 6.10. The van der Waals surface area contributed by atoms with Crippen LogP contribution in [0.25, 0.3) is 0 Å². The molecule has 0 saturated carbocycles. The predicted molar refractivity (Wildman–Crippen MR) is 77.8 cm³/mol. The van der Waals surface area contributed by atoms with Crippen LogP contribution in [0, 0.1) is 28.4 Å². The summed E-state index contributed by atoms with van der Waals surface area (Å²) in [6.07, 6.45) is 1.56. The van der Waals surface area contributed by atoms with Crippen molar-refractivity contribution in [2.24, 2.45) is 11.1 Å². The molecule has 3 nitrogen and oxygen atoms in total. The van der Waals surface area contributed by atoms with Crippen molar-refractivity contribution in [3.8, 4) is 11.8 Å². The molecule has 1 aromatic carbocycles. The van der Waals surface area contributed by atoms with E-state index in [4.69, 9.17) is 15.7 Å². The van der Waals surface area contributed by atoms with Crippen LogP contribution in [0.15, 0.2) is 12.1 Å². The second kappa shape index (κ2) is 7.37. The van der Waals surface area contributed by atoms with Crippen molar-refractivity contribution >= 4 is 0 Å². The maximum absolute atomic E-state index is 13.9. The van der Waals surface area contributed by atoms with Crippen molar-refractivity contribution in [3.63, 3.8) is 0 Å². The summed E-state index contributed by atoms with van der Waals surface area (Å²) in [5.41, 5.74) is 5.71. The molecule has 0 aromatic heterocycles. The van der Waals surface area contributed by atoms with Crippen LogP contribution in [0.4, 0.5) is 8.78 Å². The van der Waals surface area contributed by atoms with Gasteiger partial charge in [0.05, 0.1) is 18.1 Å². The summed E-state index contributed by atoms with van der Waals surface area (Å²) in [6, 6.07) is 4.50. The van der Waals surface area contributed by atoms with Crippen LogP contribution in [0.3, 0.4) is 0 Å². The standard InChI is InChI=1S/C16H22F2N2O/c1-4-12(20)7-11-8-13(17)15(14(18)9-11)21-6-5-16(2,3)10-19/h8-9,12H,4-7,20H2,1-3H3. The largest absolute Gasteiger partial charge is 0.488 e. The van der Waals surface area contributed by atoms with Crippen molar-refractivity contribution in [1.82, 2.24) is 0 Å². The van der Waals surface area contributed by atoms with Crippen molar-refractivity contribution in [3.05, 3.63) is 29.3 Å². The quantitative estimate of drug-likeness (QED) is 0.837. The van der Waals surface area contributed by atoms with Crippen LogP contribution >= 0.6 is 0 Å². The number of hydrogen-bond acceptors (Lipinski definition) is 3. The van der Waals surface area contributed by atoms with E-state index in [-0.39, 0.29) is 12.6 Å². The molecule has 0 aliphatic rings. The maximum atomic E-state index is 13.9. The van der Waals surface area contributed by atoms with Crippen LogP contribution in [0.5, 0.6) is 5.75 Å². The zero-order chi connectivity index (χ0) is 16.0. The fraction of sp³-hybridized carbons (Fsp3) is 0.562. The lowest BCUT2D eigenvalue weighted by Crippen LogP contribution is -2.21. The van der Waals surface area contributed by atoms with E-state index in [0.717, 1.165) is 6.42 Å². The average molecular weight is 296 g/mol. The topological polar surface area (TPSA) is 59.0 Å². The molecule has 1 rings (SSSR count). The number of benzene rings is 1. The van der Waals surface area contributed by atoms with E-state index in [2.05, 4.69) is 6.07 Å². The molecule has 0 amide bonds. The molecular weight excluding hydrogens is 274 g/mol. The Hall–Kier alpha value is -1.67. The van der Waals surface area contributed by atoms with Gasteiger partial charge in [-0.25, -0.2) is 8.78 Å². The van der Waals surface area contributed by atoms with Crippen LogP contribution in [0.2, 0.25) is 0 Å². The zero-order valence-corrected chi connectivity index (χ0v) is 12.7. The van der Waals surface area contributed by atoms with Gasteiger partial charge in [0, 0.05) is 6.04 Å². The number of nitrogens with zero attached hydrogens (tertiary/aromatic N) is 1. The van der Waals surface area contributed by atoms with Crippen molar-refractivity contribution in [1.29, 1.82) is 5.26 Å². The molecule has 0 heterocycles. The lowest BCUT2D eigenvalue weighted by atomic mass is 9.92. The lowest BCUT2D eigenvalue weighted by Gasteiger charge is -2.16. The maximum Gasteiger partial charge on any atom is 0.190 e. The van der Waals surface area contributed by atoms with Gasteiger partial charge < -0.3 is 10.5 Å². The number of ether oxygens (including phenoxy) is 1. The molecule has 1 atom stereocenters. The van der Waals surface area contributed by atoms with Crippen molar-refractivity contribution in [2.75, 3.05) is 6.61 Å². The van der Waals surface area contributed by atoms with Crippen LogP contribution in [-0.2, 0) is 6.42 Å². The van der Waals surface area contributed by atoms with Gasteiger partial charge in [-0.3, -0.25) is 0 Å². The fourth-order valence-electron chi connectivity index (χ4n) is 1.78. The monoisotopic (exact) mass is 296 g/mol. The Balaban J connectivity index is 2.74. The second-order valence-electron chi connectivity index (χ2n) is 5.86.